The van der Waals surface area contributed by atoms with E-state index in [0.29, 0.717) is 19.5 Å². The van der Waals surface area contributed by atoms with Crippen molar-refractivity contribution in [2.24, 2.45) is 5.41 Å². The van der Waals surface area contributed by atoms with Gasteiger partial charge in [0.1, 0.15) is 0 Å². The van der Waals surface area contributed by atoms with Gasteiger partial charge in [0.25, 0.3) is 6.47 Å². The summed E-state index contributed by atoms with van der Waals surface area (Å²) in [5.74, 6) is 0.0199. The van der Waals surface area contributed by atoms with Gasteiger partial charge in [0, 0.05) is 29.1 Å². The smallest absolute Gasteiger partial charge is 0.467 e. The maximum atomic E-state index is 11.0. The zero-order valence-electron chi connectivity index (χ0n) is 25.2. The maximum absolute atomic E-state index is 11.0. The van der Waals surface area contributed by atoms with E-state index in [4.69, 9.17) is 19.0 Å². The minimum Gasteiger partial charge on any atom is -0.467 e. The summed E-state index contributed by atoms with van der Waals surface area (Å²) in [5, 5.41) is 7.02. The maximum Gasteiger partial charge on any atom is 0.482 e. The number of aromatic nitrogens is 1. The average Bonchev–Trinajstić information content (AvgIpc) is 3.58. The molecule has 0 aliphatic carbocycles. The van der Waals surface area contributed by atoms with Crippen molar-refractivity contribution in [2.45, 2.75) is 103 Å². The molecule has 4 rings (SSSR count). The van der Waals surface area contributed by atoms with E-state index in [1.165, 1.54) is 5.56 Å². The molecule has 3 heterocycles. The Bertz CT molecular complexity index is 1170. The summed E-state index contributed by atoms with van der Waals surface area (Å²) in [6.07, 6.45) is 6.78. The molecule has 1 aromatic carbocycles. The van der Waals surface area contributed by atoms with Crippen LogP contribution in [0.2, 0.25) is 0 Å². The van der Waals surface area contributed by atoms with Gasteiger partial charge in [-0.15, -0.1) is 11.3 Å². The predicted molar refractivity (Wildman–Crippen MR) is 164 cm³/mol. The monoisotopic (exact) mass is 584 g/mol. The van der Waals surface area contributed by atoms with Crippen LogP contribution in [0.5, 0.6) is 0 Å². The van der Waals surface area contributed by atoms with Gasteiger partial charge in [-0.05, 0) is 76.5 Å². The van der Waals surface area contributed by atoms with Crippen molar-refractivity contribution in [3.63, 3.8) is 0 Å². The van der Waals surface area contributed by atoms with Crippen LogP contribution in [0.4, 0.5) is 5.69 Å². The lowest BCUT2D eigenvalue weighted by Crippen LogP contribution is -2.43. The number of ether oxygens (including phenoxy) is 1. The Kier molecular flexibility index (Phi) is 10.2. The first kappa shape index (κ1) is 31.5. The van der Waals surface area contributed by atoms with Crippen LogP contribution < -0.4 is 16.2 Å². The highest BCUT2D eigenvalue weighted by Crippen LogP contribution is 2.48. The lowest BCUT2D eigenvalue weighted by Gasteiger charge is -2.32. The molecule has 41 heavy (non-hydrogen) atoms. The van der Waals surface area contributed by atoms with E-state index in [9.17, 15) is 9.59 Å². The molecule has 1 aromatic heterocycles. The van der Waals surface area contributed by atoms with Gasteiger partial charge in [0.05, 0.1) is 34.5 Å². The number of benzene rings is 1. The molecule has 1 fully saturated rings. The van der Waals surface area contributed by atoms with Crippen molar-refractivity contribution in [3.8, 4) is 11.3 Å². The van der Waals surface area contributed by atoms with Gasteiger partial charge >= 0.3 is 7.12 Å². The van der Waals surface area contributed by atoms with Crippen LogP contribution in [-0.4, -0.2) is 55.3 Å². The molecule has 1 amide bonds. The van der Waals surface area contributed by atoms with Gasteiger partial charge in [-0.25, -0.2) is 10.4 Å². The number of anilines is 1. The van der Waals surface area contributed by atoms with Crippen molar-refractivity contribution in [3.05, 3.63) is 34.2 Å². The number of nitrogens with zero attached hydrogens (tertiary/aromatic N) is 1. The number of carbonyl (C=O) groups excluding carboxylic acids is 2. The Labute approximate surface area is 248 Å². The molecule has 1 saturated heterocycles. The Balaban J connectivity index is 1.47. The fourth-order valence-electron chi connectivity index (χ4n) is 5.59. The molecule has 3 N–H and O–H groups in total. The third-order valence-electron chi connectivity index (χ3n) is 8.54. The number of rotatable bonds is 16. The quantitative estimate of drug-likeness (QED) is 0.106. The Morgan fingerprint density at radius 1 is 1.12 bits per heavy atom. The first-order valence-corrected chi connectivity index (χ1v) is 15.5. The third-order valence-corrected chi connectivity index (χ3v) is 9.45. The molecule has 2 aromatic rings. The lowest BCUT2D eigenvalue weighted by atomic mass is 9.66. The van der Waals surface area contributed by atoms with Gasteiger partial charge in [-0.1, -0.05) is 32.8 Å². The molecule has 0 spiro atoms. The molecule has 2 aliphatic rings. The van der Waals surface area contributed by atoms with Crippen molar-refractivity contribution in [1.82, 2.24) is 15.8 Å². The van der Waals surface area contributed by atoms with Gasteiger partial charge in [0.15, 0.2) is 0 Å². The predicted octanol–water partition coefficient (Wildman–Crippen LogP) is 5.26. The van der Waals surface area contributed by atoms with Crippen LogP contribution in [0, 0.1) is 5.41 Å². The summed E-state index contributed by atoms with van der Waals surface area (Å²) in [7, 11) is -0.411. The van der Waals surface area contributed by atoms with Crippen LogP contribution >= 0.6 is 11.3 Å². The SMILES string of the molecule is CC(C)(COC=O)CC1c2cc(-c3csc(CCCCCCNNC=O)n3)ccc2NC1B1OC(C)(C)C(C)(C)O1. The van der Waals surface area contributed by atoms with E-state index < -0.39 is 18.3 Å². The summed E-state index contributed by atoms with van der Waals surface area (Å²) in [5.41, 5.74) is 8.64. The molecule has 0 bridgehead atoms. The van der Waals surface area contributed by atoms with E-state index >= 15 is 0 Å². The minimum absolute atomic E-state index is 0.0766. The molecular formula is C30H45BN4O5S. The zero-order valence-corrected chi connectivity index (χ0v) is 26.1. The van der Waals surface area contributed by atoms with E-state index in [1.807, 2.05) is 0 Å². The van der Waals surface area contributed by atoms with Crippen molar-refractivity contribution < 1.29 is 23.6 Å². The van der Waals surface area contributed by atoms with E-state index in [2.05, 4.69) is 81.3 Å². The highest BCUT2D eigenvalue weighted by molar-refractivity contribution is 7.09. The van der Waals surface area contributed by atoms with E-state index in [1.54, 1.807) is 11.3 Å². The number of unbranched alkanes of at least 4 members (excludes halogenated alkanes) is 3. The van der Waals surface area contributed by atoms with Crippen LogP contribution in [0.1, 0.15) is 90.1 Å². The molecule has 2 aliphatic heterocycles. The lowest BCUT2D eigenvalue weighted by molar-refractivity contribution is -0.131. The standard InChI is InChI=1S/C30H45BN4O5S/c1-28(2,18-38-20-37)16-23-22-15-21(25-17-41-26(34-25)11-9-7-8-10-14-32-33-19-36)12-13-24(22)35-27(23)31-39-29(3,4)30(5,6)40-31/h12-13,15,17,19-20,23,27,32,35H,7-11,14,16,18H2,1-6H3,(H,33,36). The van der Waals surface area contributed by atoms with Gasteiger partial charge in [-0.2, -0.15) is 0 Å². The second kappa shape index (κ2) is 13.2. The van der Waals surface area contributed by atoms with Crippen LogP contribution in [-0.2, 0) is 30.1 Å². The number of hydrogen-bond donors (Lipinski definition) is 3. The van der Waals surface area contributed by atoms with Crippen LogP contribution in [0.15, 0.2) is 23.6 Å². The highest BCUT2D eigenvalue weighted by Gasteiger charge is 2.57. The third kappa shape index (κ3) is 7.68. The summed E-state index contributed by atoms with van der Waals surface area (Å²) < 4.78 is 18.2. The fraction of sp³-hybridized carbons (Fsp3) is 0.633. The fourth-order valence-corrected chi connectivity index (χ4v) is 6.44. The summed E-state index contributed by atoms with van der Waals surface area (Å²) in [6.45, 7) is 14.2. The zero-order chi connectivity index (χ0) is 29.7. The van der Waals surface area contributed by atoms with Crippen LogP contribution in [0.25, 0.3) is 11.3 Å². The summed E-state index contributed by atoms with van der Waals surface area (Å²) >= 11 is 1.72. The number of thiazole rings is 1. The molecule has 9 nitrogen and oxygen atoms in total. The summed E-state index contributed by atoms with van der Waals surface area (Å²) in [4.78, 5) is 26.2. The Morgan fingerprint density at radius 2 is 1.85 bits per heavy atom. The number of aryl methyl sites for hydroxylation is 1. The number of hydrogen-bond acceptors (Lipinski definition) is 9. The number of nitrogens with one attached hydrogen (secondary N) is 3. The molecule has 0 saturated carbocycles. The highest BCUT2D eigenvalue weighted by atomic mass is 32.1. The largest absolute Gasteiger partial charge is 0.482 e. The number of fused-ring (bicyclic) bond motifs is 1. The van der Waals surface area contributed by atoms with Crippen molar-refractivity contribution in [1.29, 1.82) is 0 Å². The first-order chi connectivity index (χ1) is 19.5. The van der Waals surface area contributed by atoms with Crippen molar-refractivity contribution >= 4 is 37.0 Å². The Morgan fingerprint density at radius 3 is 2.56 bits per heavy atom. The summed E-state index contributed by atoms with van der Waals surface area (Å²) in [6, 6.07) is 6.54. The second-order valence-electron chi connectivity index (χ2n) is 13.0. The molecule has 11 heteroatoms. The van der Waals surface area contributed by atoms with Gasteiger partial charge in [0.2, 0.25) is 6.41 Å². The van der Waals surface area contributed by atoms with E-state index in [0.717, 1.165) is 67.0 Å². The Hall–Kier alpha value is -2.47. The normalized spacial score (nSPS) is 20.9. The van der Waals surface area contributed by atoms with Crippen LogP contribution in [0.3, 0.4) is 0 Å². The molecular weight excluding hydrogens is 539 g/mol. The number of carbonyl (C=O) groups is 2. The van der Waals surface area contributed by atoms with E-state index in [-0.39, 0.29) is 17.3 Å². The molecule has 2 atom stereocenters. The first-order valence-electron chi connectivity index (χ1n) is 14.6. The number of amides is 1. The molecule has 224 valence electrons. The topological polar surface area (TPSA) is 111 Å². The molecule has 0 radical (unpaired) electrons. The second-order valence-corrected chi connectivity index (χ2v) is 13.9. The van der Waals surface area contributed by atoms with Crippen molar-refractivity contribution in [2.75, 3.05) is 18.5 Å². The molecule has 2 unspecified atom stereocenters. The minimum atomic E-state index is -0.429. The van der Waals surface area contributed by atoms with Gasteiger partial charge in [-0.3, -0.25) is 15.0 Å². The average molecular weight is 585 g/mol. The van der Waals surface area contributed by atoms with Gasteiger partial charge < -0.3 is 19.4 Å². The number of hydrazine groups is 1.